The lowest BCUT2D eigenvalue weighted by molar-refractivity contribution is 0.340. The van der Waals surface area contributed by atoms with E-state index in [4.69, 9.17) is 9.15 Å². The summed E-state index contributed by atoms with van der Waals surface area (Å²) in [5.41, 5.74) is 2.23. The van der Waals surface area contributed by atoms with Crippen molar-refractivity contribution in [3.8, 4) is 16.9 Å². The van der Waals surface area contributed by atoms with Crippen LogP contribution in [0.4, 0.5) is 0 Å². The fourth-order valence-electron chi connectivity index (χ4n) is 1.34. The summed E-state index contributed by atoms with van der Waals surface area (Å²) in [6.45, 7) is 2.68. The highest BCUT2D eigenvalue weighted by Crippen LogP contribution is 2.22. The van der Waals surface area contributed by atoms with Gasteiger partial charge in [0.2, 0.25) is 0 Å². The fraction of sp³-hybridized carbons (Fsp3) is 0.167. The Kier molecular flexibility index (Phi) is 2.54. The topological polar surface area (TPSA) is 22.4 Å². The van der Waals surface area contributed by atoms with Gasteiger partial charge in [-0.15, -0.1) is 0 Å². The lowest BCUT2D eigenvalue weighted by atomic mass is 10.1. The van der Waals surface area contributed by atoms with Gasteiger partial charge in [0.25, 0.3) is 0 Å². The van der Waals surface area contributed by atoms with E-state index in [1.807, 2.05) is 37.3 Å². The molecule has 2 aromatic rings. The number of hydrogen-bond acceptors (Lipinski definition) is 2. The van der Waals surface area contributed by atoms with Crippen LogP contribution in [-0.4, -0.2) is 6.61 Å². The molecule has 0 saturated heterocycles. The van der Waals surface area contributed by atoms with Crippen LogP contribution in [0.5, 0.6) is 5.75 Å². The third-order valence-electron chi connectivity index (χ3n) is 2.02. The molecule has 0 aliphatic carbocycles. The summed E-state index contributed by atoms with van der Waals surface area (Å²) < 4.78 is 10.4. The molecular weight excluding hydrogens is 176 g/mol. The van der Waals surface area contributed by atoms with Gasteiger partial charge in [0.1, 0.15) is 5.75 Å². The van der Waals surface area contributed by atoms with Crippen LogP contribution >= 0.6 is 0 Å². The van der Waals surface area contributed by atoms with E-state index in [0.29, 0.717) is 6.61 Å². The largest absolute Gasteiger partial charge is 0.494 e. The van der Waals surface area contributed by atoms with E-state index < -0.39 is 0 Å². The van der Waals surface area contributed by atoms with Gasteiger partial charge in [0.15, 0.2) is 0 Å². The van der Waals surface area contributed by atoms with Gasteiger partial charge in [-0.1, -0.05) is 12.1 Å². The standard InChI is InChI=1S/C12H12O2/c1-2-14-12-5-3-10(4-6-12)11-7-8-13-9-11/h3-9H,2H2,1H3. The summed E-state index contributed by atoms with van der Waals surface area (Å²) in [4.78, 5) is 0. The second-order valence-electron chi connectivity index (χ2n) is 2.97. The van der Waals surface area contributed by atoms with Crippen LogP contribution in [0.1, 0.15) is 6.92 Å². The Morgan fingerprint density at radius 1 is 1.07 bits per heavy atom. The molecule has 0 aliphatic rings. The molecule has 2 rings (SSSR count). The van der Waals surface area contributed by atoms with Crippen molar-refractivity contribution in [2.24, 2.45) is 0 Å². The lowest BCUT2D eigenvalue weighted by Crippen LogP contribution is -1.90. The minimum atomic E-state index is 0.699. The third-order valence-corrected chi connectivity index (χ3v) is 2.02. The molecule has 0 unspecified atom stereocenters. The smallest absolute Gasteiger partial charge is 0.119 e. The molecule has 14 heavy (non-hydrogen) atoms. The molecule has 0 aliphatic heterocycles. The highest BCUT2D eigenvalue weighted by molar-refractivity contribution is 5.62. The number of furan rings is 1. The molecule has 0 fully saturated rings. The maximum atomic E-state index is 5.35. The molecule has 0 bridgehead atoms. The van der Waals surface area contributed by atoms with Crippen LogP contribution in [-0.2, 0) is 0 Å². The van der Waals surface area contributed by atoms with Crippen molar-refractivity contribution in [2.75, 3.05) is 6.61 Å². The van der Waals surface area contributed by atoms with E-state index in [0.717, 1.165) is 16.9 Å². The molecular formula is C12H12O2. The first-order valence-corrected chi connectivity index (χ1v) is 4.65. The Bertz CT molecular complexity index is 373. The Balaban J connectivity index is 2.22. The highest BCUT2D eigenvalue weighted by Gasteiger charge is 1.98. The minimum Gasteiger partial charge on any atom is -0.494 e. The monoisotopic (exact) mass is 188 g/mol. The molecule has 1 heterocycles. The van der Waals surface area contributed by atoms with Crippen molar-refractivity contribution < 1.29 is 9.15 Å². The molecule has 0 amide bonds. The average Bonchev–Trinajstić information content (AvgIpc) is 2.72. The van der Waals surface area contributed by atoms with Gasteiger partial charge in [-0.2, -0.15) is 0 Å². The van der Waals surface area contributed by atoms with Gasteiger partial charge in [0.05, 0.1) is 19.1 Å². The summed E-state index contributed by atoms with van der Waals surface area (Å²) in [5, 5.41) is 0. The van der Waals surface area contributed by atoms with Crippen LogP contribution in [0.15, 0.2) is 47.3 Å². The third kappa shape index (κ3) is 1.79. The maximum absolute atomic E-state index is 5.35. The zero-order valence-electron chi connectivity index (χ0n) is 8.07. The average molecular weight is 188 g/mol. The molecule has 72 valence electrons. The van der Waals surface area contributed by atoms with E-state index in [1.165, 1.54) is 0 Å². The van der Waals surface area contributed by atoms with Crippen LogP contribution in [0.25, 0.3) is 11.1 Å². The normalized spacial score (nSPS) is 10.1. The van der Waals surface area contributed by atoms with Crippen molar-refractivity contribution in [1.82, 2.24) is 0 Å². The summed E-state index contributed by atoms with van der Waals surface area (Å²) in [6, 6.07) is 9.92. The van der Waals surface area contributed by atoms with E-state index in [-0.39, 0.29) is 0 Å². The quantitative estimate of drug-likeness (QED) is 0.737. The molecule has 0 N–H and O–H groups in total. The van der Waals surface area contributed by atoms with Crippen LogP contribution in [0.3, 0.4) is 0 Å². The fourth-order valence-corrected chi connectivity index (χ4v) is 1.34. The number of ether oxygens (including phenoxy) is 1. The van der Waals surface area contributed by atoms with Gasteiger partial charge in [-0.25, -0.2) is 0 Å². The SMILES string of the molecule is CCOc1ccc(-c2ccoc2)cc1. The Morgan fingerprint density at radius 2 is 1.86 bits per heavy atom. The second-order valence-corrected chi connectivity index (χ2v) is 2.97. The first-order valence-electron chi connectivity index (χ1n) is 4.65. The van der Waals surface area contributed by atoms with Gasteiger partial charge in [0, 0.05) is 5.56 Å². The van der Waals surface area contributed by atoms with Crippen molar-refractivity contribution in [1.29, 1.82) is 0 Å². The van der Waals surface area contributed by atoms with E-state index in [1.54, 1.807) is 12.5 Å². The van der Waals surface area contributed by atoms with E-state index >= 15 is 0 Å². The highest BCUT2D eigenvalue weighted by atomic mass is 16.5. The van der Waals surface area contributed by atoms with Crippen molar-refractivity contribution in [2.45, 2.75) is 6.92 Å². The lowest BCUT2D eigenvalue weighted by Gasteiger charge is -2.03. The molecule has 0 atom stereocenters. The van der Waals surface area contributed by atoms with Crippen molar-refractivity contribution >= 4 is 0 Å². The number of rotatable bonds is 3. The first kappa shape index (κ1) is 8.88. The van der Waals surface area contributed by atoms with Crippen LogP contribution < -0.4 is 4.74 Å². The Morgan fingerprint density at radius 3 is 2.43 bits per heavy atom. The van der Waals surface area contributed by atoms with Gasteiger partial charge < -0.3 is 9.15 Å². The first-order chi connectivity index (χ1) is 6.90. The number of benzene rings is 1. The summed E-state index contributed by atoms with van der Waals surface area (Å²) in [6.07, 6.45) is 3.40. The van der Waals surface area contributed by atoms with Crippen LogP contribution in [0.2, 0.25) is 0 Å². The minimum absolute atomic E-state index is 0.699. The van der Waals surface area contributed by atoms with Gasteiger partial charge in [-0.3, -0.25) is 0 Å². The van der Waals surface area contributed by atoms with Gasteiger partial charge >= 0.3 is 0 Å². The van der Waals surface area contributed by atoms with E-state index in [2.05, 4.69) is 0 Å². The zero-order valence-corrected chi connectivity index (χ0v) is 8.07. The summed E-state index contributed by atoms with van der Waals surface area (Å²) in [7, 11) is 0. The van der Waals surface area contributed by atoms with Gasteiger partial charge in [-0.05, 0) is 30.7 Å². The molecule has 2 nitrogen and oxygen atoms in total. The molecule has 2 heteroatoms. The predicted octanol–water partition coefficient (Wildman–Crippen LogP) is 3.35. The summed E-state index contributed by atoms with van der Waals surface area (Å²) >= 11 is 0. The van der Waals surface area contributed by atoms with Crippen LogP contribution in [0, 0.1) is 0 Å². The zero-order chi connectivity index (χ0) is 9.80. The van der Waals surface area contributed by atoms with Crippen molar-refractivity contribution in [3.63, 3.8) is 0 Å². The molecule has 1 aromatic heterocycles. The predicted molar refractivity (Wildman–Crippen MR) is 55.3 cm³/mol. The summed E-state index contributed by atoms with van der Waals surface area (Å²) in [5.74, 6) is 0.903. The Labute approximate surface area is 83.1 Å². The Hall–Kier alpha value is -1.70. The second kappa shape index (κ2) is 4.01. The van der Waals surface area contributed by atoms with Crippen molar-refractivity contribution in [3.05, 3.63) is 42.9 Å². The van der Waals surface area contributed by atoms with E-state index in [9.17, 15) is 0 Å². The molecule has 0 saturated carbocycles. The maximum Gasteiger partial charge on any atom is 0.119 e. The molecule has 1 aromatic carbocycles. The molecule has 0 radical (unpaired) electrons. The number of hydrogen-bond donors (Lipinski definition) is 0. The molecule has 0 spiro atoms.